The van der Waals surface area contributed by atoms with Crippen LogP contribution in [0.25, 0.3) is 11.6 Å². The summed E-state index contributed by atoms with van der Waals surface area (Å²) in [6.45, 7) is 1.85. The maximum absolute atomic E-state index is 13.9. The van der Waals surface area contributed by atoms with Gasteiger partial charge in [-0.1, -0.05) is 41.4 Å². The lowest BCUT2D eigenvalue weighted by Crippen LogP contribution is -1.89. The van der Waals surface area contributed by atoms with Crippen LogP contribution in [-0.2, 0) is 0 Å². The first kappa shape index (κ1) is 14.6. The van der Waals surface area contributed by atoms with Crippen molar-refractivity contribution in [1.82, 2.24) is 0 Å². The van der Waals surface area contributed by atoms with Gasteiger partial charge in [0.25, 0.3) is 0 Å². The number of aryl methyl sites for hydroxylation is 1. The monoisotopic (exact) mass is 305 g/mol. The van der Waals surface area contributed by atoms with E-state index in [1.807, 2.05) is 6.92 Å². The van der Waals surface area contributed by atoms with Crippen LogP contribution in [0.5, 0.6) is 0 Å². The van der Waals surface area contributed by atoms with E-state index in [0.717, 1.165) is 11.1 Å². The summed E-state index contributed by atoms with van der Waals surface area (Å²) in [4.78, 5) is 0. The Morgan fingerprint density at radius 2 is 2.00 bits per heavy atom. The van der Waals surface area contributed by atoms with Gasteiger partial charge in [0.15, 0.2) is 0 Å². The van der Waals surface area contributed by atoms with Crippen molar-refractivity contribution in [3.05, 3.63) is 69.0 Å². The van der Waals surface area contributed by atoms with E-state index in [4.69, 9.17) is 23.2 Å². The first-order valence-electron chi connectivity index (χ1n) is 5.85. The molecule has 0 fully saturated rings. The van der Waals surface area contributed by atoms with E-state index < -0.39 is 5.82 Å². The molecule has 0 saturated heterocycles. The maximum atomic E-state index is 13.9. The summed E-state index contributed by atoms with van der Waals surface area (Å²) >= 11 is 11.6. The van der Waals surface area contributed by atoms with Crippen LogP contribution in [0.1, 0.15) is 16.7 Å². The van der Waals surface area contributed by atoms with E-state index in [1.165, 1.54) is 12.1 Å². The van der Waals surface area contributed by atoms with Gasteiger partial charge in [-0.2, -0.15) is 5.26 Å². The predicted molar refractivity (Wildman–Crippen MR) is 81.1 cm³/mol. The molecule has 2 aromatic carbocycles. The normalized spacial score (nSPS) is 11.2. The van der Waals surface area contributed by atoms with Crippen LogP contribution in [0.2, 0.25) is 10.0 Å². The fourth-order valence-electron chi connectivity index (χ4n) is 1.89. The van der Waals surface area contributed by atoms with Gasteiger partial charge in [0.05, 0.1) is 16.7 Å². The summed E-state index contributed by atoms with van der Waals surface area (Å²) in [5.41, 5.74) is 2.22. The van der Waals surface area contributed by atoms with Gasteiger partial charge in [0, 0.05) is 10.6 Å². The number of nitriles is 1. The third-order valence-electron chi connectivity index (χ3n) is 2.88. The van der Waals surface area contributed by atoms with Gasteiger partial charge in [-0.25, -0.2) is 4.39 Å². The van der Waals surface area contributed by atoms with Crippen LogP contribution in [0, 0.1) is 24.1 Å². The molecule has 2 rings (SSSR count). The lowest BCUT2D eigenvalue weighted by Gasteiger charge is -2.06. The minimum absolute atomic E-state index is 0.0314. The van der Waals surface area contributed by atoms with Crippen molar-refractivity contribution >= 4 is 34.9 Å². The van der Waals surface area contributed by atoms with Crippen LogP contribution in [0.4, 0.5) is 4.39 Å². The van der Waals surface area contributed by atoms with Gasteiger partial charge >= 0.3 is 0 Å². The van der Waals surface area contributed by atoms with Crippen molar-refractivity contribution in [3.8, 4) is 6.07 Å². The molecule has 1 nitrogen and oxygen atoms in total. The van der Waals surface area contributed by atoms with E-state index in [-0.39, 0.29) is 10.6 Å². The smallest absolute Gasteiger partial charge is 0.149 e. The summed E-state index contributed by atoms with van der Waals surface area (Å²) in [6, 6.07) is 12.0. The zero-order valence-electron chi connectivity index (χ0n) is 10.6. The molecule has 4 heteroatoms. The topological polar surface area (TPSA) is 23.8 Å². The molecule has 0 atom stereocenters. The van der Waals surface area contributed by atoms with Crippen LogP contribution in [0.3, 0.4) is 0 Å². The molecule has 0 radical (unpaired) electrons. The van der Waals surface area contributed by atoms with Gasteiger partial charge in [0.2, 0.25) is 0 Å². The molecule has 0 saturated carbocycles. The molecule has 0 N–H and O–H groups in total. The Bertz CT molecular complexity index is 730. The molecule has 0 aliphatic heterocycles. The lowest BCUT2D eigenvalue weighted by atomic mass is 9.99. The van der Waals surface area contributed by atoms with Gasteiger partial charge in [-0.05, 0) is 42.3 Å². The van der Waals surface area contributed by atoms with E-state index >= 15 is 0 Å². The Balaban J connectivity index is 2.55. The molecule has 0 aromatic heterocycles. The molecule has 0 bridgehead atoms. The highest BCUT2D eigenvalue weighted by Gasteiger charge is 2.09. The van der Waals surface area contributed by atoms with E-state index in [1.54, 1.807) is 30.3 Å². The van der Waals surface area contributed by atoms with Crippen molar-refractivity contribution in [3.63, 3.8) is 0 Å². The van der Waals surface area contributed by atoms with Gasteiger partial charge in [-0.15, -0.1) is 0 Å². The Labute approximate surface area is 126 Å². The highest BCUT2D eigenvalue weighted by Crippen LogP contribution is 2.26. The fraction of sp³-hybridized carbons (Fsp3) is 0.0625. The summed E-state index contributed by atoms with van der Waals surface area (Å²) in [5.74, 6) is -0.534. The van der Waals surface area contributed by atoms with Crippen LogP contribution >= 0.6 is 23.2 Å². The number of rotatable bonds is 2. The number of hydrogen-bond donors (Lipinski definition) is 0. The van der Waals surface area contributed by atoms with Crippen LogP contribution < -0.4 is 0 Å². The molecule has 0 aliphatic carbocycles. The molecule has 0 spiro atoms. The van der Waals surface area contributed by atoms with Crippen LogP contribution in [0.15, 0.2) is 36.4 Å². The third-order valence-corrected chi connectivity index (χ3v) is 3.41. The first-order valence-corrected chi connectivity index (χ1v) is 6.61. The standard InChI is InChI=1S/C16H10Cl2FN/c1-10-7-13(17)5-6-14(10)12(9-20)8-11-3-2-4-15(18)16(11)19/h2-8H,1H3. The Morgan fingerprint density at radius 1 is 1.25 bits per heavy atom. The second-order valence-corrected chi connectivity index (χ2v) is 5.12. The fourth-order valence-corrected chi connectivity index (χ4v) is 2.30. The van der Waals surface area contributed by atoms with Crippen molar-refractivity contribution in [2.75, 3.05) is 0 Å². The molecule has 0 unspecified atom stereocenters. The molecule has 0 aliphatic rings. The predicted octanol–water partition coefficient (Wildman–Crippen LogP) is 5.51. The van der Waals surface area contributed by atoms with Crippen molar-refractivity contribution in [2.24, 2.45) is 0 Å². The average molecular weight is 306 g/mol. The highest BCUT2D eigenvalue weighted by molar-refractivity contribution is 6.31. The SMILES string of the molecule is Cc1cc(Cl)ccc1C(C#N)=Cc1cccc(Cl)c1F. The van der Waals surface area contributed by atoms with E-state index in [9.17, 15) is 9.65 Å². The lowest BCUT2D eigenvalue weighted by molar-refractivity contribution is 0.625. The van der Waals surface area contributed by atoms with Gasteiger partial charge in [0.1, 0.15) is 5.82 Å². The molecule has 2 aromatic rings. The van der Waals surface area contributed by atoms with Gasteiger partial charge < -0.3 is 0 Å². The largest absolute Gasteiger partial charge is 0.205 e. The first-order chi connectivity index (χ1) is 9.52. The highest BCUT2D eigenvalue weighted by atomic mass is 35.5. The molecule has 0 heterocycles. The Kier molecular flexibility index (Phi) is 4.44. The second-order valence-electron chi connectivity index (χ2n) is 4.27. The average Bonchev–Trinajstić information content (AvgIpc) is 2.41. The number of nitrogens with zero attached hydrogens (tertiary/aromatic N) is 1. The molecule has 0 amide bonds. The second kappa shape index (κ2) is 6.09. The van der Waals surface area contributed by atoms with Crippen LogP contribution in [-0.4, -0.2) is 0 Å². The van der Waals surface area contributed by atoms with Crippen molar-refractivity contribution < 1.29 is 4.39 Å². The van der Waals surface area contributed by atoms with E-state index in [2.05, 4.69) is 6.07 Å². The number of hydrogen-bond acceptors (Lipinski definition) is 1. The van der Waals surface area contributed by atoms with Crippen molar-refractivity contribution in [1.29, 1.82) is 5.26 Å². The summed E-state index contributed by atoms with van der Waals surface area (Å²) in [5, 5.41) is 9.91. The van der Waals surface area contributed by atoms with E-state index in [0.29, 0.717) is 10.6 Å². The number of benzene rings is 2. The molecular formula is C16H10Cl2FN. The zero-order chi connectivity index (χ0) is 14.7. The molecule has 20 heavy (non-hydrogen) atoms. The molecular weight excluding hydrogens is 296 g/mol. The van der Waals surface area contributed by atoms with Crippen molar-refractivity contribution in [2.45, 2.75) is 6.92 Å². The molecule has 100 valence electrons. The zero-order valence-corrected chi connectivity index (χ0v) is 12.1. The third kappa shape index (κ3) is 3.01. The number of halogens is 3. The summed E-state index contributed by atoms with van der Waals surface area (Å²) in [6.07, 6.45) is 1.48. The Morgan fingerprint density at radius 3 is 2.65 bits per heavy atom. The number of allylic oxidation sites excluding steroid dienone is 1. The van der Waals surface area contributed by atoms with Gasteiger partial charge in [-0.3, -0.25) is 0 Å². The summed E-state index contributed by atoms with van der Waals surface area (Å²) < 4.78 is 13.9. The maximum Gasteiger partial charge on any atom is 0.149 e. The minimum atomic E-state index is -0.534. The Hall–Kier alpha value is -1.82. The quantitative estimate of drug-likeness (QED) is 0.530. The summed E-state index contributed by atoms with van der Waals surface area (Å²) in [7, 11) is 0. The minimum Gasteiger partial charge on any atom is -0.205 e.